The van der Waals surface area contributed by atoms with Crippen LogP contribution in [0.2, 0.25) is 5.02 Å². The highest BCUT2D eigenvalue weighted by molar-refractivity contribution is 7.98. The molecule has 0 atom stereocenters. The van der Waals surface area contributed by atoms with E-state index in [4.69, 9.17) is 11.6 Å². The molecule has 1 N–H and O–H groups in total. The Labute approximate surface area is 126 Å². The molecule has 1 aliphatic carbocycles. The van der Waals surface area contributed by atoms with Crippen molar-refractivity contribution in [2.45, 2.75) is 36.3 Å². The van der Waals surface area contributed by atoms with Gasteiger partial charge < -0.3 is 5.32 Å². The van der Waals surface area contributed by atoms with Crippen molar-refractivity contribution in [1.29, 1.82) is 0 Å². The second kappa shape index (κ2) is 6.51. The second-order valence-electron chi connectivity index (χ2n) is 4.67. The van der Waals surface area contributed by atoms with Gasteiger partial charge in [-0.3, -0.25) is 4.98 Å². The lowest BCUT2D eigenvalue weighted by Gasteiger charge is -2.06. The molecule has 6 nitrogen and oxygen atoms in total. The molecular weight excluding hydrogens is 296 g/mol. The van der Waals surface area contributed by atoms with Crippen LogP contribution in [0.25, 0.3) is 0 Å². The van der Waals surface area contributed by atoms with E-state index < -0.39 is 0 Å². The SMILES string of the molecule is Clc1cnccc1CSc1nnnn1CCNC1CC1. The van der Waals surface area contributed by atoms with Gasteiger partial charge in [-0.1, -0.05) is 23.4 Å². The van der Waals surface area contributed by atoms with Crippen LogP contribution in [0.1, 0.15) is 18.4 Å². The molecule has 1 aliphatic rings. The van der Waals surface area contributed by atoms with Gasteiger partial charge in [0.05, 0.1) is 11.6 Å². The number of nitrogens with one attached hydrogen (secondary N) is 1. The van der Waals surface area contributed by atoms with Gasteiger partial charge in [-0.15, -0.1) is 5.10 Å². The van der Waals surface area contributed by atoms with Gasteiger partial charge in [0, 0.05) is 30.7 Å². The molecule has 20 heavy (non-hydrogen) atoms. The fourth-order valence-electron chi connectivity index (χ4n) is 1.77. The van der Waals surface area contributed by atoms with E-state index >= 15 is 0 Å². The summed E-state index contributed by atoms with van der Waals surface area (Å²) in [6, 6.07) is 2.62. The Morgan fingerprint density at radius 1 is 1.45 bits per heavy atom. The summed E-state index contributed by atoms with van der Waals surface area (Å²) < 4.78 is 1.83. The number of halogens is 1. The monoisotopic (exact) mass is 310 g/mol. The molecule has 2 aromatic rings. The molecule has 3 rings (SSSR count). The lowest BCUT2D eigenvalue weighted by atomic mass is 10.3. The topological polar surface area (TPSA) is 68.5 Å². The van der Waals surface area contributed by atoms with Crippen molar-refractivity contribution in [1.82, 2.24) is 30.5 Å². The fourth-order valence-corrected chi connectivity index (χ4v) is 2.94. The van der Waals surface area contributed by atoms with E-state index in [1.165, 1.54) is 12.8 Å². The van der Waals surface area contributed by atoms with Gasteiger partial charge in [0.2, 0.25) is 5.16 Å². The summed E-state index contributed by atoms with van der Waals surface area (Å²) in [5.74, 6) is 0.734. The molecule has 1 saturated carbocycles. The molecule has 0 unspecified atom stereocenters. The molecule has 0 aromatic carbocycles. The maximum Gasteiger partial charge on any atom is 0.209 e. The molecule has 0 spiro atoms. The normalized spacial score (nSPS) is 14.7. The van der Waals surface area contributed by atoms with E-state index in [-0.39, 0.29) is 0 Å². The van der Waals surface area contributed by atoms with E-state index in [2.05, 4.69) is 25.8 Å². The third kappa shape index (κ3) is 3.68. The summed E-state index contributed by atoms with van der Waals surface area (Å²) >= 11 is 7.67. The minimum Gasteiger partial charge on any atom is -0.312 e. The van der Waals surface area contributed by atoms with Gasteiger partial charge in [0.1, 0.15) is 0 Å². The van der Waals surface area contributed by atoms with Crippen LogP contribution in [-0.4, -0.2) is 37.8 Å². The highest BCUT2D eigenvalue weighted by Gasteiger charge is 2.20. The van der Waals surface area contributed by atoms with Crippen molar-refractivity contribution in [2.75, 3.05) is 6.54 Å². The van der Waals surface area contributed by atoms with Crippen LogP contribution in [0.3, 0.4) is 0 Å². The van der Waals surface area contributed by atoms with Gasteiger partial charge in [-0.25, -0.2) is 4.68 Å². The van der Waals surface area contributed by atoms with Crippen molar-refractivity contribution in [2.24, 2.45) is 0 Å². The summed E-state index contributed by atoms with van der Waals surface area (Å²) in [6.45, 7) is 1.69. The fraction of sp³-hybridized carbons (Fsp3) is 0.500. The first-order valence-corrected chi connectivity index (χ1v) is 7.90. The lowest BCUT2D eigenvalue weighted by Crippen LogP contribution is -2.22. The molecule has 2 aromatic heterocycles. The van der Waals surface area contributed by atoms with Crippen LogP contribution < -0.4 is 5.32 Å². The van der Waals surface area contributed by atoms with Crippen LogP contribution >= 0.6 is 23.4 Å². The third-order valence-electron chi connectivity index (χ3n) is 3.05. The van der Waals surface area contributed by atoms with Crippen molar-refractivity contribution < 1.29 is 0 Å². The molecule has 0 amide bonds. The summed E-state index contributed by atoms with van der Waals surface area (Å²) in [6.07, 6.45) is 5.97. The standard InChI is InChI=1S/C12H15ClN6S/c13-11-7-14-4-3-9(11)8-20-12-16-17-18-19(12)6-5-15-10-1-2-10/h3-4,7,10,15H,1-2,5-6,8H2. The van der Waals surface area contributed by atoms with E-state index in [1.54, 1.807) is 24.2 Å². The Bertz CT molecular complexity index is 571. The second-order valence-corrected chi connectivity index (χ2v) is 6.02. The van der Waals surface area contributed by atoms with Crippen molar-refractivity contribution in [3.05, 3.63) is 29.0 Å². The Balaban J connectivity index is 1.54. The van der Waals surface area contributed by atoms with Crippen molar-refractivity contribution in [3.63, 3.8) is 0 Å². The lowest BCUT2D eigenvalue weighted by molar-refractivity contribution is 0.509. The highest BCUT2D eigenvalue weighted by atomic mass is 35.5. The maximum absolute atomic E-state index is 6.09. The Morgan fingerprint density at radius 2 is 2.35 bits per heavy atom. The number of nitrogens with zero attached hydrogens (tertiary/aromatic N) is 5. The zero-order valence-electron chi connectivity index (χ0n) is 10.9. The van der Waals surface area contributed by atoms with Crippen LogP contribution in [0, 0.1) is 0 Å². The quantitative estimate of drug-likeness (QED) is 0.786. The first-order valence-electron chi connectivity index (χ1n) is 6.53. The largest absolute Gasteiger partial charge is 0.312 e. The number of tetrazole rings is 1. The predicted octanol–water partition coefficient (Wildman–Crippen LogP) is 1.77. The van der Waals surface area contributed by atoms with E-state index in [0.29, 0.717) is 11.1 Å². The molecular formula is C12H15ClN6S. The van der Waals surface area contributed by atoms with Gasteiger partial charge in [0.15, 0.2) is 0 Å². The molecule has 0 saturated heterocycles. The average molecular weight is 311 g/mol. The van der Waals surface area contributed by atoms with Gasteiger partial charge in [-0.2, -0.15) is 0 Å². The maximum atomic E-state index is 6.09. The molecule has 0 aliphatic heterocycles. The molecule has 1 fully saturated rings. The minimum absolute atomic E-state index is 0.675. The van der Waals surface area contributed by atoms with Gasteiger partial charge in [-0.05, 0) is 34.9 Å². The number of rotatable bonds is 7. The first kappa shape index (κ1) is 13.8. The van der Waals surface area contributed by atoms with Gasteiger partial charge in [0.25, 0.3) is 0 Å². The third-order valence-corrected chi connectivity index (χ3v) is 4.39. The summed E-state index contributed by atoms with van der Waals surface area (Å²) in [5, 5.41) is 16.8. The van der Waals surface area contributed by atoms with Gasteiger partial charge >= 0.3 is 0 Å². The molecule has 106 valence electrons. The van der Waals surface area contributed by atoms with Crippen LogP contribution in [-0.2, 0) is 12.3 Å². The van der Waals surface area contributed by atoms with E-state index in [1.807, 2.05) is 10.7 Å². The Kier molecular flexibility index (Phi) is 4.49. The number of hydrogen-bond donors (Lipinski definition) is 1. The first-order chi connectivity index (χ1) is 9.83. The summed E-state index contributed by atoms with van der Waals surface area (Å²) in [4.78, 5) is 3.98. The van der Waals surface area contributed by atoms with E-state index in [9.17, 15) is 0 Å². The summed E-state index contributed by atoms with van der Waals surface area (Å²) in [5.41, 5.74) is 1.04. The summed E-state index contributed by atoms with van der Waals surface area (Å²) in [7, 11) is 0. The van der Waals surface area contributed by atoms with Crippen LogP contribution in [0.5, 0.6) is 0 Å². The number of pyridine rings is 1. The molecule has 2 heterocycles. The van der Waals surface area contributed by atoms with Crippen molar-refractivity contribution in [3.8, 4) is 0 Å². The van der Waals surface area contributed by atoms with Crippen molar-refractivity contribution >= 4 is 23.4 Å². The number of thioether (sulfide) groups is 1. The molecule has 8 heteroatoms. The zero-order chi connectivity index (χ0) is 13.8. The number of hydrogen-bond acceptors (Lipinski definition) is 6. The number of aromatic nitrogens is 5. The highest BCUT2D eigenvalue weighted by Crippen LogP contribution is 2.24. The molecule has 0 bridgehead atoms. The Morgan fingerprint density at radius 3 is 3.15 bits per heavy atom. The predicted molar refractivity (Wildman–Crippen MR) is 77.6 cm³/mol. The minimum atomic E-state index is 0.675. The van der Waals surface area contributed by atoms with E-state index in [0.717, 1.165) is 29.6 Å². The van der Waals surface area contributed by atoms with Crippen LogP contribution in [0.4, 0.5) is 0 Å². The smallest absolute Gasteiger partial charge is 0.209 e. The average Bonchev–Trinajstić information content (AvgIpc) is 3.17. The molecule has 0 radical (unpaired) electrons. The van der Waals surface area contributed by atoms with Crippen LogP contribution in [0.15, 0.2) is 23.6 Å². The Hall–Kier alpha value is -1.18. The zero-order valence-corrected chi connectivity index (χ0v) is 12.4.